The predicted molar refractivity (Wildman–Crippen MR) is 95.7 cm³/mol. The number of carbonyl (C=O) groups is 2. The van der Waals surface area contributed by atoms with Crippen LogP contribution in [0.4, 0.5) is 0 Å². The molecule has 120 valence electrons. The molecular weight excluding hydrogens is 278 g/mol. The van der Waals surface area contributed by atoms with E-state index in [4.69, 9.17) is 0 Å². The molecule has 19 heavy (non-hydrogen) atoms. The molecule has 0 aromatic rings. The number of rotatable bonds is 5. The summed E-state index contributed by atoms with van der Waals surface area (Å²) in [4.78, 5) is 19.7. The van der Waals surface area contributed by atoms with Gasteiger partial charge in [-0.2, -0.15) is 25.3 Å². The van der Waals surface area contributed by atoms with E-state index in [0.29, 0.717) is 12.2 Å². The predicted octanol–water partition coefficient (Wildman–Crippen LogP) is 4.02. The fraction of sp³-hybridized carbons (Fsp3) is 0.857. The van der Waals surface area contributed by atoms with E-state index in [1.165, 1.54) is 0 Å². The normalized spacial score (nSPS) is 8.32. The maximum absolute atomic E-state index is 10.0. The van der Waals surface area contributed by atoms with Crippen molar-refractivity contribution in [2.45, 2.75) is 67.3 Å². The highest BCUT2D eigenvalue weighted by atomic mass is 32.1. The van der Waals surface area contributed by atoms with Crippen LogP contribution < -0.4 is 5.32 Å². The van der Waals surface area contributed by atoms with Crippen LogP contribution in [0.1, 0.15) is 61.3 Å². The maximum atomic E-state index is 10.0. The number of hydrogen-bond donors (Lipinski definition) is 3. The second-order valence-electron chi connectivity index (χ2n) is 2.82. The summed E-state index contributed by atoms with van der Waals surface area (Å²) in [5, 5.41) is 2.54. The number of hydrogen-bond acceptors (Lipinski definition) is 4. The summed E-state index contributed by atoms with van der Waals surface area (Å²) in [7, 11) is 0. The van der Waals surface area contributed by atoms with Gasteiger partial charge in [0, 0.05) is 18.2 Å². The van der Waals surface area contributed by atoms with Crippen LogP contribution in [0.5, 0.6) is 0 Å². The van der Waals surface area contributed by atoms with Gasteiger partial charge in [-0.05, 0) is 26.5 Å². The molecule has 1 N–H and O–H groups in total. The molecule has 0 radical (unpaired) electrons. The number of nitrogens with one attached hydrogen (secondary N) is 1. The summed E-state index contributed by atoms with van der Waals surface area (Å²) in [6, 6.07) is 0.195. The fourth-order valence-corrected chi connectivity index (χ4v) is 0.626. The lowest BCUT2D eigenvalue weighted by Gasteiger charge is -2.02. The Hall–Kier alpha value is -0.160. The summed E-state index contributed by atoms with van der Waals surface area (Å²) >= 11 is 7.46. The molecule has 0 rings (SSSR count). The van der Waals surface area contributed by atoms with E-state index in [1.54, 1.807) is 13.2 Å². The lowest BCUT2D eigenvalue weighted by Crippen LogP contribution is -2.25. The van der Waals surface area contributed by atoms with Crippen molar-refractivity contribution in [3.05, 3.63) is 0 Å². The third kappa shape index (κ3) is 72.8. The Labute approximate surface area is 132 Å². The molecule has 1 unspecified atom stereocenters. The van der Waals surface area contributed by atoms with Gasteiger partial charge in [0.1, 0.15) is 5.78 Å². The van der Waals surface area contributed by atoms with Crippen LogP contribution in [-0.2, 0) is 9.59 Å². The Balaban J connectivity index is -0.0000000495. The first-order chi connectivity index (χ1) is 9.08. The lowest BCUT2D eigenvalue weighted by molar-refractivity contribution is -0.117. The van der Waals surface area contributed by atoms with Crippen molar-refractivity contribution < 1.29 is 9.59 Å². The second kappa shape index (κ2) is 43.1. The maximum Gasteiger partial charge on any atom is 0.207 e. The van der Waals surface area contributed by atoms with E-state index in [2.05, 4.69) is 30.6 Å². The molecule has 0 aromatic carbocycles. The van der Waals surface area contributed by atoms with E-state index >= 15 is 0 Å². The van der Waals surface area contributed by atoms with Crippen LogP contribution >= 0.6 is 25.3 Å². The van der Waals surface area contributed by atoms with Gasteiger partial charge in [0.2, 0.25) is 6.41 Å². The minimum atomic E-state index is 0.195. The zero-order chi connectivity index (χ0) is 16.7. The molecule has 0 fully saturated rings. The standard InChI is InChI=1S/C5H10O.C4H9NOS.2C2H6.CH4S/c1-3-4-5(2)6;1-4(2-7)5-3-6;3*1-2/h3-4H2,1-2H3;3-4,7H,2H2,1H3,(H,5,6);2*1-2H3;2H,1H3. The third-order valence-corrected chi connectivity index (χ3v) is 1.78. The number of ketones is 1. The average Bonchev–Trinajstić information content (AvgIpc) is 2.46. The highest BCUT2D eigenvalue weighted by molar-refractivity contribution is 7.80. The van der Waals surface area contributed by atoms with Gasteiger partial charge in [-0.1, -0.05) is 34.6 Å². The third-order valence-electron chi connectivity index (χ3n) is 1.23. The van der Waals surface area contributed by atoms with Crippen molar-refractivity contribution in [1.82, 2.24) is 5.32 Å². The van der Waals surface area contributed by atoms with Crippen molar-refractivity contribution in [3.8, 4) is 0 Å². The largest absolute Gasteiger partial charge is 0.355 e. The average molecular weight is 314 g/mol. The Bertz CT molecular complexity index is 145. The van der Waals surface area contributed by atoms with Gasteiger partial charge in [-0.3, -0.25) is 4.79 Å². The van der Waals surface area contributed by atoms with Gasteiger partial charge in [0.15, 0.2) is 0 Å². The summed E-state index contributed by atoms with van der Waals surface area (Å²) in [5.41, 5.74) is 0. The molecule has 0 heterocycles. The zero-order valence-corrected chi connectivity index (χ0v) is 15.8. The van der Waals surface area contributed by atoms with Crippen molar-refractivity contribution in [2.75, 3.05) is 12.0 Å². The van der Waals surface area contributed by atoms with Crippen molar-refractivity contribution >= 4 is 37.5 Å². The van der Waals surface area contributed by atoms with Crippen LogP contribution in [-0.4, -0.2) is 30.2 Å². The Morgan fingerprint density at radius 3 is 1.63 bits per heavy atom. The first-order valence-electron chi connectivity index (χ1n) is 6.83. The Morgan fingerprint density at radius 1 is 1.21 bits per heavy atom. The zero-order valence-electron chi connectivity index (χ0n) is 14.0. The Morgan fingerprint density at radius 2 is 1.58 bits per heavy atom. The van der Waals surface area contributed by atoms with Crippen LogP contribution in [0.2, 0.25) is 0 Å². The number of thiol groups is 2. The SMILES string of the molecule is CC.CC.CC(CS)NC=O.CCCC(C)=O.CS. The monoisotopic (exact) mass is 313 g/mol. The van der Waals surface area contributed by atoms with Crippen LogP contribution in [0.15, 0.2) is 0 Å². The van der Waals surface area contributed by atoms with E-state index in [-0.39, 0.29) is 11.8 Å². The number of carbonyl (C=O) groups excluding carboxylic acids is 2. The first-order valence-corrected chi connectivity index (χ1v) is 8.35. The second-order valence-corrected chi connectivity index (χ2v) is 3.19. The molecular formula is C14H35NO2S2. The van der Waals surface area contributed by atoms with Gasteiger partial charge in [-0.25, -0.2) is 0 Å². The number of Topliss-reactive ketones (excluding diaryl/α,β-unsaturated/α-hetero) is 1. The fourth-order valence-electron chi connectivity index (χ4n) is 0.521. The van der Waals surface area contributed by atoms with Gasteiger partial charge in [0.25, 0.3) is 0 Å². The molecule has 1 atom stereocenters. The van der Waals surface area contributed by atoms with E-state index in [1.807, 2.05) is 41.5 Å². The molecule has 1 amide bonds. The summed E-state index contributed by atoms with van der Waals surface area (Å²) in [6.07, 6.45) is 4.09. The summed E-state index contributed by atoms with van der Waals surface area (Å²) < 4.78 is 0. The van der Waals surface area contributed by atoms with Crippen LogP contribution in [0.3, 0.4) is 0 Å². The van der Waals surface area contributed by atoms with Crippen LogP contribution in [0.25, 0.3) is 0 Å². The van der Waals surface area contributed by atoms with Gasteiger partial charge < -0.3 is 10.1 Å². The molecule has 0 bridgehead atoms. The molecule has 0 spiro atoms. The van der Waals surface area contributed by atoms with Crippen LogP contribution in [0, 0.1) is 0 Å². The molecule has 0 aliphatic rings. The topological polar surface area (TPSA) is 46.2 Å². The molecule has 0 saturated heterocycles. The molecule has 0 aliphatic heterocycles. The van der Waals surface area contributed by atoms with Gasteiger partial charge in [0.05, 0.1) is 0 Å². The van der Waals surface area contributed by atoms with Crippen molar-refractivity contribution in [3.63, 3.8) is 0 Å². The van der Waals surface area contributed by atoms with E-state index in [0.717, 1.165) is 12.8 Å². The minimum absolute atomic E-state index is 0.195. The molecule has 5 heteroatoms. The summed E-state index contributed by atoms with van der Waals surface area (Å²) in [5.74, 6) is 0.983. The molecule has 0 saturated carbocycles. The van der Waals surface area contributed by atoms with Crippen molar-refractivity contribution in [2.24, 2.45) is 0 Å². The molecule has 0 aromatic heterocycles. The van der Waals surface area contributed by atoms with Gasteiger partial charge >= 0.3 is 0 Å². The van der Waals surface area contributed by atoms with Gasteiger partial charge in [-0.15, -0.1) is 0 Å². The van der Waals surface area contributed by atoms with E-state index in [9.17, 15) is 9.59 Å². The number of amides is 1. The first kappa shape index (κ1) is 31.3. The quantitative estimate of drug-likeness (QED) is 0.530. The minimum Gasteiger partial charge on any atom is -0.355 e. The highest BCUT2D eigenvalue weighted by Gasteiger charge is 1.90. The summed E-state index contributed by atoms with van der Waals surface area (Å²) in [6.45, 7) is 13.5. The van der Waals surface area contributed by atoms with Crippen molar-refractivity contribution in [1.29, 1.82) is 0 Å². The smallest absolute Gasteiger partial charge is 0.207 e. The molecule has 0 aliphatic carbocycles. The Kier molecular flexibility index (Phi) is 70.9. The lowest BCUT2D eigenvalue weighted by atomic mass is 10.3. The molecule has 3 nitrogen and oxygen atoms in total. The van der Waals surface area contributed by atoms with E-state index < -0.39 is 0 Å². The highest BCUT2D eigenvalue weighted by Crippen LogP contribution is 1.84.